The Labute approximate surface area is 130 Å². The summed E-state index contributed by atoms with van der Waals surface area (Å²) in [6.45, 7) is 0. The van der Waals surface area contributed by atoms with E-state index >= 15 is 0 Å². The second kappa shape index (κ2) is 4.89. The lowest BCUT2D eigenvalue weighted by molar-refractivity contribution is -0.119. The molecule has 2 atom stereocenters. The van der Waals surface area contributed by atoms with Gasteiger partial charge in [-0.2, -0.15) is 11.3 Å². The fourth-order valence-corrected chi connectivity index (χ4v) is 4.95. The minimum absolute atomic E-state index is 0.0496. The van der Waals surface area contributed by atoms with Gasteiger partial charge in [-0.15, -0.1) is 11.8 Å². The molecule has 0 aliphatic carbocycles. The van der Waals surface area contributed by atoms with Crippen molar-refractivity contribution in [1.29, 1.82) is 0 Å². The average molecular weight is 316 g/mol. The van der Waals surface area contributed by atoms with Crippen LogP contribution in [-0.4, -0.2) is 28.6 Å². The molecule has 6 heteroatoms. The van der Waals surface area contributed by atoms with Gasteiger partial charge in [-0.05, 0) is 34.5 Å². The Bertz CT molecular complexity index is 687. The standard InChI is InChI=1S/C15H12N2O2S2/c18-13-12-9-21-14(10-6-7-20-8-10)17(12)15(19)16(13)11-4-2-1-3-5-11/h1-8,12,14H,9H2/t12-,14+/m0/s1. The zero-order chi connectivity index (χ0) is 14.4. The SMILES string of the molecule is O=C1[C@@H]2CS[C@H](c3ccsc3)N2C(=O)N1c1ccccc1. The third kappa shape index (κ3) is 1.90. The molecule has 21 heavy (non-hydrogen) atoms. The van der Waals surface area contributed by atoms with Gasteiger partial charge in [0.05, 0.1) is 5.69 Å². The molecule has 2 saturated heterocycles. The van der Waals surface area contributed by atoms with Gasteiger partial charge in [0.1, 0.15) is 11.4 Å². The fraction of sp³-hybridized carbons (Fsp3) is 0.200. The average Bonchev–Trinajstić information content (AvgIpc) is 3.20. The molecule has 1 aromatic carbocycles. The normalized spacial score (nSPS) is 24.8. The Morgan fingerprint density at radius 1 is 1.10 bits per heavy atom. The Kier molecular flexibility index (Phi) is 3.01. The van der Waals surface area contributed by atoms with Gasteiger partial charge in [0, 0.05) is 5.75 Å². The minimum Gasteiger partial charge on any atom is -0.295 e. The number of amides is 3. The van der Waals surface area contributed by atoms with E-state index in [1.54, 1.807) is 40.1 Å². The van der Waals surface area contributed by atoms with Crippen molar-refractivity contribution in [3.8, 4) is 0 Å². The van der Waals surface area contributed by atoms with Crippen molar-refractivity contribution in [2.75, 3.05) is 10.7 Å². The smallest absolute Gasteiger partial charge is 0.295 e. The molecule has 3 amide bonds. The number of nitrogens with zero attached hydrogens (tertiary/aromatic N) is 2. The molecule has 2 aliphatic heterocycles. The summed E-state index contributed by atoms with van der Waals surface area (Å²) in [6, 6.07) is 10.6. The molecule has 1 aromatic heterocycles. The number of hydrogen-bond acceptors (Lipinski definition) is 4. The number of fused-ring (bicyclic) bond motifs is 1. The molecule has 4 nitrogen and oxygen atoms in total. The first-order valence-corrected chi connectivity index (χ1v) is 8.61. The van der Waals surface area contributed by atoms with Gasteiger partial charge in [-0.1, -0.05) is 18.2 Å². The summed E-state index contributed by atoms with van der Waals surface area (Å²) < 4.78 is 0. The molecule has 0 unspecified atom stereocenters. The van der Waals surface area contributed by atoms with E-state index in [1.807, 2.05) is 35.0 Å². The highest BCUT2D eigenvalue weighted by Gasteiger charge is 2.53. The summed E-state index contributed by atoms with van der Waals surface area (Å²) in [4.78, 5) is 28.3. The van der Waals surface area contributed by atoms with Crippen LogP contribution in [0.3, 0.4) is 0 Å². The lowest BCUT2D eigenvalue weighted by atomic mass is 10.2. The maximum absolute atomic E-state index is 12.7. The molecule has 106 valence electrons. The molecular weight excluding hydrogens is 304 g/mol. The summed E-state index contributed by atoms with van der Waals surface area (Å²) in [7, 11) is 0. The van der Waals surface area contributed by atoms with Crippen molar-refractivity contribution in [2.24, 2.45) is 0 Å². The van der Waals surface area contributed by atoms with Crippen LogP contribution >= 0.6 is 23.1 Å². The summed E-state index contributed by atoms with van der Waals surface area (Å²) in [5.74, 6) is 0.547. The van der Waals surface area contributed by atoms with Crippen LogP contribution in [-0.2, 0) is 4.79 Å². The van der Waals surface area contributed by atoms with Gasteiger partial charge in [0.2, 0.25) is 0 Å². The van der Waals surface area contributed by atoms with E-state index in [4.69, 9.17) is 0 Å². The van der Waals surface area contributed by atoms with Crippen LogP contribution in [0.15, 0.2) is 47.2 Å². The number of imide groups is 1. The largest absolute Gasteiger partial charge is 0.333 e. The van der Waals surface area contributed by atoms with Crippen molar-refractivity contribution in [3.63, 3.8) is 0 Å². The quantitative estimate of drug-likeness (QED) is 0.798. The molecule has 4 rings (SSSR count). The molecule has 3 heterocycles. The van der Waals surface area contributed by atoms with Crippen LogP contribution in [0.5, 0.6) is 0 Å². The second-order valence-electron chi connectivity index (χ2n) is 4.96. The van der Waals surface area contributed by atoms with Crippen molar-refractivity contribution in [1.82, 2.24) is 4.90 Å². The molecule has 0 bridgehead atoms. The van der Waals surface area contributed by atoms with Gasteiger partial charge in [-0.25, -0.2) is 9.69 Å². The maximum Gasteiger partial charge on any atom is 0.333 e. The Morgan fingerprint density at radius 2 is 1.90 bits per heavy atom. The van der Waals surface area contributed by atoms with E-state index < -0.39 is 0 Å². The monoisotopic (exact) mass is 316 g/mol. The van der Waals surface area contributed by atoms with Crippen LogP contribution in [0.4, 0.5) is 10.5 Å². The lowest BCUT2D eigenvalue weighted by Crippen LogP contribution is -2.33. The minimum atomic E-state index is -0.340. The first-order valence-electron chi connectivity index (χ1n) is 6.62. The maximum atomic E-state index is 12.7. The van der Waals surface area contributed by atoms with Gasteiger partial charge >= 0.3 is 6.03 Å². The molecular formula is C15H12N2O2S2. The van der Waals surface area contributed by atoms with E-state index in [0.717, 1.165) is 5.56 Å². The number of para-hydroxylation sites is 1. The predicted octanol–water partition coefficient (Wildman–Crippen LogP) is 3.33. The fourth-order valence-electron chi connectivity index (χ4n) is 2.78. The number of carbonyl (C=O) groups is 2. The lowest BCUT2D eigenvalue weighted by Gasteiger charge is -2.22. The second-order valence-corrected chi connectivity index (χ2v) is 6.85. The van der Waals surface area contributed by atoms with E-state index in [-0.39, 0.29) is 23.4 Å². The van der Waals surface area contributed by atoms with E-state index in [2.05, 4.69) is 0 Å². The number of benzene rings is 1. The zero-order valence-corrected chi connectivity index (χ0v) is 12.6. The van der Waals surface area contributed by atoms with Crippen molar-refractivity contribution in [2.45, 2.75) is 11.4 Å². The van der Waals surface area contributed by atoms with Crippen LogP contribution in [0.2, 0.25) is 0 Å². The van der Waals surface area contributed by atoms with Crippen LogP contribution < -0.4 is 4.90 Å². The van der Waals surface area contributed by atoms with Crippen LogP contribution in [0.1, 0.15) is 10.9 Å². The highest BCUT2D eigenvalue weighted by Crippen LogP contribution is 2.46. The Balaban J connectivity index is 1.71. The number of thiophene rings is 1. The van der Waals surface area contributed by atoms with Gasteiger partial charge < -0.3 is 0 Å². The molecule has 0 radical (unpaired) electrons. The third-order valence-electron chi connectivity index (χ3n) is 3.76. The molecule has 2 aliphatic rings. The van der Waals surface area contributed by atoms with Gasteiger partial charge in [0.25, 0.3) is 5.91 Å². The molecule has 0 spiro atoms. The third-order valence-corrected chi connectivity index (χ3v) is 5.79. The van der Waals surface area contributed by atoms with Crippen LogP contribution in [0, 0.1) is 0 Å². The van der Waals surface area contributed by atoms with Gasteiger partial charge in [-0.3, -0.25) is 9.69 Å². The Morgan fingerprint density at radius 3 is 2.62 bits per heavy atom. The molecule has 2 aromatic rings. The first-order chi connectivity index (χ1) is 10.3. The van der Waals surface area contributed by atoms with Crippen molar-refractivity contribution in [3.05, 3.63) is 52.7 Å². The topological polar surface area (TPSA) is 40.6 Å². The number of carbonyl (C=O) groups excluding carboxylic acids is 2. The summed E-state index contributed by atoms with van der Waals surface area (Å²) in [6.07, 6.45) is 0. The van der Waals surface area contributed by atoms with Gasteiger partial charge in [0.15, 0.2) is 0 Å². The van der Waals surface area contributed by atoms with Crippen molar-refractivity contribution < 1.29 is 9.59 Å². The van der Waals surface area contributed by atoms with E-state index in [9.17, 15) is 9.59 Å². The zero-order valence-electron chi connectivity index (χ0n) is 11.0. The number of thioether (sulfide) groups is 1. The molecule has 2 fully saturated rings. The number of anilines is 1. The Hall–Kier alpha value is -1.79. The molecule has 0 N–H and O–H groups in total. The first kappa shape index (κ1) is 12.9. The molecule has 0 saturated carbocycles. The van der Waals surface area contributed by atoms with E-state index in [0.29, 0.717) is 11.4 Å². The number of urea groups is 1. The number of rotatable bonds is 2. The van der Waals surface area contributed by atoms with Crippen molar-refractivity contribution >= 4 is 40.7 Å². The summed E-state index contributed by atoms with van der Waals surface area (Å²) in [5.41, 5.74) is 1.75. The highest BCUT2D eigenvalue weighted by atomic mass is 32.2. The number of hydrogen-bond donors (Lipinski definition) is 0. The highest BCUT2D eigenvalue weighted by molar-refractivity contribution is 7.99. The van der Waals surface area contributed by atoms with E-state index in [1.165, 1.54) is 4.90 Å². The predicted molar refractivity (Wildman–Crippen MR) is 84.5 cm³/mol. The summed E-state index contributed by atoms with van der Waals surface area (Å²) >= 11 is 3.27. The summed E-state index contributed by atoms with van der Waals surface area (Å²) in [5, 5.41) is 4.00. The van der Waals surface area contributed by atoms with Crippen LogP contribution in [0.25, 0.3) is 0 Å².